The van der Waals surface area contributed by atoms with Crippen molar-refractivity contribution in [3.8, 4) is 11.5 Å². The number of esters is 1. The summed E-state index contributed by atoms with van der Waals surface area (Å²) in [7, 11) is 1.33. The lowest BCUT2D eigenvalue weighted by Crippen LogP contribution is -2.21. The molecule has 0 saturated heterocycles. The van der Waals surface area contributed by atoms with Crippen LogP contribution in [-0.4, -0.2) is 38.7 Å². The Labute approximate surface area is 158 Å². The van der Waals surface area contributed by atoms with Crippen molar-refractivity contribution >= 4 is 23.3 Å². The summed E-state index contributed by atoms with van der Waals surface area (Å²) in [4.78, 5) is 23.6. The molecule has 0 saturated carbocycles. The zero-order valence-electron chi connectivity index (χ0n) is 15.7. The molecule has 27 heavy (non-hydrogen) atoms. The molecule has 0 bridgehead atoms. The van der Waals surface area contributed by atoms with Crippen molar-refractivity contribution in [1.82, 2.24) is 0 Å². The number of anilines is 2. The van der Waals surface area contributed by atoms with Crippen LogP contribution in [0.3, 0.4) is 0 Å². The van der Waals surface area contributed by atoms with E-state index >= 15 is 0 Å². The van der Waals surface area contributed by atoms with Gasteiger partial charge in [-0.1, -0.05) is 0 Å². The zero-order chi connectivity index (χ0) is 19.6. The number of rotatable bonds is 9. The first-order valence-electron chi connectivity index (χ1n) is 8.69. The minimum absolute atomic E-state index is 0.0781. The van der Waals surface area contributed by atoms with Crippen molar-refractivity contribution in [3.05, 3.63) is 48.0 Å². The maximum absolute atomic E-state index is 12.2. The summed E-state index contributed by atoms with van der Waals surface area (Å²) >= 11 is 0. The van der Waals surface area contributed by atoms with Crippen LogP contribution in [0.25, 0.3) is 0 Å². The lowest BCUT2D eigenvalue weighted by atomic mass is 10.2. The summed E-state index contributed by atoms with van der Waals surface area (Å²) in [6.45, 7) is 4.89. The Balaban J connectivity index is 1.93. The van der Waals surface area contributed by atoms with E-state index in [0.717, 1.165) is 5.69 Å². The van der Waals surface area contributed by atoms with E-state index in [9.17, 15) is 9.59 Å². The lowest BCUT2D eigenvalue weighted by Gasteiger charge is -2.13. The van der Waals surface area contributed by atoms with E-state index in [1.165, 1.54) is 7.11 Å². The Hall–Kier alpha value is -3.22. The summed E-state index contributed by atoms with van der Waals surface area (Å²) in [6, 6.07) is 11.9. The smallest absolute Gasteiger partial charge is 0.337 e. The molecule has 0 fully saturated rings. The first-order chi connectivity index (χ1) is 13.1. The van der Waals surface area contributed by atoms with Crippen LogP contribution < -0.4 is 20.1 Å². The Kier molecular flexibility index (Phi) is 7.49. The number of methoxy groups -OCH3 is 1. The summed E-state index contributed by atoms with van der Waals surface area (Å²) in [5.74, 6) is 0.614. The first-order valence-corrected chi connectivity index (χ1v) is 8.69. The first kappa shape index (κ1) is 20.1. The van der Waals surface area contributed by atoms with Crippen LogP contribution in [0.5, 0.6) is 11.5 Å². The summed E-state index contributed by atoms with van der Waals surface area (Å²) in [6.07, 6.45) is 0. The van der Waals surface area contributed by atoms with Crippen LogP contribution in [0.2, 0.25) is 0 Å². The van der Waals surface area contributed by atoms with Gasteiger partial charge in [0.15, 0.2) is 11.5 Å². The van der Waals surface area contributed by atoms with Crippen LogP contribution in [0.15, 0.2) is 42.5 Å². The summed E-state index contributed by atoms with van der Waals surface area (Å²) in [5, 5.41) is 5.81. The van der Waals surface area contributed by atoms with Crippen molar-refractivity contribution in [2.24, 2.45) is 0 Å². The zero-order valence-corrected chi connectivity index (χ0v) is 15.7. The normalized spacial score (nSPS) is 10.0. The molecule has 2 aromatic rings. The number of ether oxygens (including phenoxy) is 3. The molecule has 2 aromatic carbocycles. The quantitative estimate of drug-likeness (QED) is 0.657. The van der Waals surface area contributed by atoms with Crippen molar-refractivity contribution in [2.75, 3.05) is 37.5 Å². The number of hydrogen-bond donors (Lipinski definition) is 2. The molecule has 0 unspecified atom stereocenters. The standard InChI is InChI=1S/C20H24N2O5/c1-4-26-17-11-10-16(12-18(17)27-5-2)22-19(23)13-21-15-8-6-14(7-9-15)20(24)25-3/h6-12,21H,4-5,13H2,1-3H3,(H,22,23). The van der Waals surface area contributed by atoms with Gasteiger partial charge in [-0.15, -0.1) is 0 Å². The number of nitrogens with one attached hydrogen (secondary N) is 2. The predicted molar refractivity (Wildman–Crippen MR) is 104 cm³/mol. The third-order valence-corrected chi connectivity index (χ3v) is 3.59. The number of benzene rings is 2. The molecule has 0 aliphatic carbocycles. The van der Waals surface area contributed by atoms with Crippen molar-refractivity contribution in [1.29, 1.82) is 0 Å². The van der Waals surface area contributed by atoms with Gasteiger partial charge in [0.2, 0.25) is 5.91 Å². The van der Waals surface area contributed by atoms with E-state index in [1.807, 2.05) is 13.8 Å². The van der Waals surface area contributed by atoms with E-state index < -0.39 is 5.97 Å². The number of carbonyl (C=O) groups excluding carboxylic acids is 2. The molecule has 2 rings (SSSR count). The third kappa shape index (κ3) is 5.91. The van der Waals surface area contributed by atoms with Crippen LogP contribution in [0.4, 0.5) is 11.4 Å². The Morgan fingerprint density at radius 3 is 2.15 bits per heavy atom. The molecule has 0 spiro atoms. The Morgan fingerprint density at radius 1 is 0.889 bits per heavy atom. The number of carbonyl (C=O) groups is 2. The second-order valence-electron chi connectivity index (χ2n) is 5.50. The van der Waals surface area contributed by atoms with Gasteiger partial charge in [-0.3, -0.25) is 4.79 Å². The van der Waals surface area contributed by atoms with Gasteiger partial charge in [0, 0.05) is 17.4 Å². The highest BCUT2D eigenvalue weighted by Crippen LogP contribution is 2.30. The molecule has 0 radical (unpaired) electrons. The highest BCUT2D eigenvalue weighted by atomic mass is 16.5. The average Bonchev–Trinajstić information content (AvgIpc) is 2.68. The van der Waals surface area contributed by atoms with Crippen LogP contribution in [0.1, 0.15) is 24.2 Å². The molecule has 0 aliphatic rings. The van der Waals surface area contributed by atoms with Gasteiger partial charge in [-0.05, 0) is 50.2 Å². The molecule has 7 heteroatoms. The van der Waals surface area contributed by atoms with Crippen LogP contribution in [0, 0.1) is 0 Å². The molecule has 1 amide bonds. The molecular weight excluding hydrogens is 348 g/mol. The van der Waals surface area contributed by atoms with Gasteiger partial charge in [0.05, 0.1) is 32.4 Å². The molecule has 0 heterocycles. The summed E-state index contributed by atoms with van der Waals surface area (Å²) in [5.41, 5.74) is 1.79. The van der Waals surface area contributed by atoms with Gasteiger partial charge >= 0.3 is 5.97 Å². The molecule has 144 valence electrons. The second-order valence-corrected chi connectivity index (χ2v) is 5.50. The fourth-order valence-corrected chi connectivity index (χ4v) is 2.36. The van der Waals surface area contributed by atoms with E-state index in [4.69, 9.17) is 9.47 Å². The Morgan fingerprint density at radius 2 is 1.52 bits per heavy atom. The molecule has 0 aromatic heterocycles. The Bertz CT molecular complexity index is 774. The SMILES string of the molecule is CCOc1ccc(NC(=O)CNc2ccc(C(=O)OC)cc2)cc1OCC. The van der Waals surface area contributed by atoms with Crippen LogP contribution in [-0.2, 0) is 9.53 Å². The third-order valence-electron chi connectivity index (χ3n) is 3.59. The second kappa shape index (κ2) is 10.1. The van der Waals surface area contributed by atoms with E-state index in [2.05, 4.69) is 15.4 Å². The number of hydrogen-bond acceptors (Lipinski definition) is 6. The minimum Gasteiger partial charge on any atom is -0.490 e. The fourth-order valence-electron chi connectivity index (χ4n) is 2.36. The maximum atomic E-state index is 12.2. The largest absolute Gasteiger partial charge is 0.490 e. The molecule has 7 nitrogen and oxygen atoms in total. The van der Waals surface area contributed by atoms with Crippen molar-refractivity contribution in [2.45, 2.75) is 13.8 Å². The molecule has 0 atom stereocenters. The van der Waals surface area contributed by atoms with Crippen molar-refractivity contribution < 1.29 is 23.8 Å². The topological polar surface area (TPSA) is 85.9 Å². The number of amides is 1. The molecule has 0 aliphatic heterocycles. The predicted octanol–water partition coefficient (Wildman–Crippen LogP) is 3.32. The van der Waals surface area contributed by atoms with E-state index in [-0.39, 0.29) is 12.5 Å². The fraction of sp³-hybridized carbons (Fsp3) is 0.300. The van der Waals surface area contributed by atoms with Gasteiger partial charge in [-0.25, -0.2) is 4.79 Å². The van der Waals surface area contributed by atoms with E-state index in [0.29, 0.717) is 36.0 Å². The van der Waals surface area contributed by atoms with Gasteiger partial charge in [0.1, 0.15) is 0 Å². The van der Waals surface area contributed by atoms with Crippen LogP contribution >= 0.6 is 0 Å². The van der Waals surface area contributed by atoms with E-state index in [1.54, 1.807) is 42.5 Å². The van der Waals surface area contributed by atoms with Gasteiger partial charge in [-0.2, -0.15) is 0 Å². The van der Waals surface area contributed by atoms with Gasteiger partial charge in [0.25, 0.3) is 0 Å². The van der Waals surface area contributed by atoms with Crippen molar-refractivity contribution in [3.63, 3.8) is 0 Å². The summed E-state index contributed by atoms with van der Waals surface area (Å²) < 4.78 is 15.7. The minimum atomic E-state index is -0.403. The average molecular weight is 372 g/mol. The molecule has 2 N–H and O–H groups in total. The van der Waals surface area contributed by atoms with Gasteiger partial charge < -0.3 is 24.8 Å². The molecular formula is C20H24N2O5. The lowest BCUT2D eigenvalue weighted by molar-refractivity contribution is -0.114. The highest BCUT2D eigenvalue weighted by molar-refractivity contribution is 5.94. The monoisotopic (exact) mass is 372 g/mol. The maximum Gasteiger partial charge on any atom is 0.337 e. The highest BCUT2D eigenvalue weighted by Gasteiger charge is 2.09.